The van der Waals surface area contributed by atoms with Crippen LogP contribution in [-0.2, 0) is 9.53 Å². The van der Waals surface area contributed by atoms with Gasteiger partial charge < -0.3 is 4.74 Å². The Balaban J connectivity index is 3.94. The summed E-state index contributed by atoms with van der Waals surface area (Å²) in [6.45, 7) is 9.69. The van der Waals surface area contributed by atoms with E-state index in [4.69, 9.17) is 4.74 Å². The lowest BCUT2D eigenvalue weighted by Gasteiger charge is -2.27. The topological polar surface area (TPSA) is 26.3 Å². The Hall–Kier alpha value is -0.530. The molecule has 2 heteroatoms. The van der Waals surface area contributed by atoms with E-state index in [1.807, 2.05) is 13.8 Å². The second kappa shape index (κ2) is 4.48. The maximum Gasteiger partial charge on any atom is 0.303 e. The summed E-state index contributed by atoms with van der Waals surface area (Å²) >= 11 is 0. The molecule has 0 saturated carbocycles. The van der Waals surface area contributed by atoms with Crippen molar-refractivity contribution in [1.29, 1.82) is 0 Å². The van der Waals surface area contributed by atoms with Crippen molar-refractivity contribution >= 4 is 5.97 Å². The van der Waals surface area contributed by atoms with Crippen molar-refractivity contribution < 1.29 is 9.53 Å². The number of carbonyl (C=O) groups is 1. The molecule has 72 valence electrons. The summed E-state index contributed by atoms with van der Waals surface area (Å²) in [5.74, 6) is 0.419. The van der Waals surface area contributed by atoms with Crippen molar-refractivity contribution in [3.63, 3.8) is 0 Å². The standard InChI is InChI=1S/C10H20O2/c1-6-8(2)7-10(4,5)12-9(3)11/h8H,6-7H2,1-5H3. The van der Waals surface area contributed by atoms with Gasteiger partial charge in [0.2, 0.25) is 0 Å². The molecule has 0 aromatic heterocycles. The van der Waals surface area contributed by atoms with Crippen molar-refractivity contribution in [2.45, 2.75) is 53.1 Å². The first-order chi connectivity index (χ1) is 5.37. The Morgan fingerprint density at radius 3 is 2.33 bits per heavy atom. The second-order valence-corrected chi connectivity index (χ2v) is 4.07. The molecule has 0 aliphatic rings. The zero-order valence-corrected chi connectivity index (χ0v) is 8.81. The summed E-state index contributed by atoms with van der Waals surface area (Å²) in [6, 6.07) is 0. The maximum absolute atomic E-state index is 10.7. The van der Waals surface area contributed by atoms with Crippen LogP contribution in [0.1, 0.15) is 47.5 Å². The van der Waals surface area contributed by atoms with E-state index in [0.717, 1.165) is 12.8 Å². The smallest absolute Gasteiger partial charge is 0.303 e. The van der Waals surface area contributed by atoms with Gasteiger partial charge in [-0.15, -0.1) is 0 Å². The third-order valence-corrected chi connectivity index (χ3v) is 1.96. The van der Waals surface area contributed by atoms with Crippen molar-refractivity contribution in [2.24, 2.45) is 5.92 Å². The highest BCUT2D eigenvalue weighted by molar-refractivity contribution is 5.66. The van der Waals surface area contributed by atoms with E-state index in [1.54, 1.807) is 0 Å². The number of ether oxygens (including phenoxy) is 1. The van der Waals surface area contributed by atoms with E-state index in [9.17, 15) is 4.79 Å². The summed E-state index contributed by atoms with van der Waals surface area (Å²) in [4.78, 5) is 10.7. The summed E-state index contributed by atoms with van der Waals surface area (Å²) in [5.41, 5.74) is -0.304. The van der Waals surface area contributed by atoms with Crippen molar-refractivity contribution in [3.05, 3.63) is 0 Å². The molecule has 0 radical (unpaired) electrons. The lowest BCUT2D eigenvalue weighted by Crippen LogP contribution is -2.29. The number of hydrogen-bond donors (Lipinski definition) is 0. The number of esters is 1. The third kappa shape index (κ3) is 5.16. The van der Waals surface area contributed by atoms with Crippen molar-refractivity contribution in [1.82, 2.24) is 0 Å². The average Bonchev–Trinajstić information content (AvgIpc) is 1.83. The fraction of sp³-hybridized carbons (Fsp3) is 0.900. The average molecular weight is 172 g/mol. The van der Waals surface area contributed by atoms with Gasteiger partial charge in [-0.3, -0.25) is 4.79 Å². The minimum Gasteiger partial charge on any atom is -0.460 e. The largest absolute Gasteiger partial charge is 0.460 e. The lowest BCUT2D eigenvalue weighted by molar-refractivity contribution is -0.155. The van der Waals surface area contributed by atoms with E-state index in [0.29, 0.717) is 5.92 Å². The molecule has 2 nitrogen and oxygen atoms in total. The molecule has 0 bridgehead atoms. The summed E-state index contributed by atoms with van der Waals surface area (Å²) in [7, 11) is 0. The molecule has 1 unspecified atom stereocenters. The van der Waals surface area contributed by atoms with Gasteiger partial charge in [0.05, 0.1) is 0 Å². The molecule has 0 aliphatic carbocycles. The maximum atomic E-state index is 10.7. The Kier molecular flexibility index (Phi) is 4.29. The molecule has 0 aromatic carbocycles. The van der Waals surface area contributed by atoms with Gasteiger partial charge in [0.25, 0.3) is 0 Å². The van der Waals surface area contributed by atoms with Crippen molar-refractivity contribution in [3.8, 4) is 0 Å². The molecule has 0 amide bonds. The van der Waals surface area contributed by atoms with Gasteiger partial charge in [-0.1, -0.05) is 20.3 Å². The first-order valence-corrected chi connectivity index (χ1v) is 4.57. The molecule has 0 aromatic rings. The number of hydrogen-bond acceptors (Lipinski definition) is 2. The molecule has 0 spiro atoms. The molecule has 0 N–H and O–H groups in total. The van der Waals surface area contributed by atoms with E-state index in [-0.39, 0.29) is 11.6 Å². The van der Waals surface area contributed by atoms with Crippen LogP contribution >= 0.6 is 0 Å². The molecule has 0 aliphatic heterocycles. The number of carbonyl (C=O) groups excluding carboxylic acids is 1. The fourth-order valence-electron chi connectivity index (χ4n) is 1.41. The van der Waals surface area contributed by atoms with Crippen LogP contribution in [0.25, 0.3) is 0 Å². The second-order valence-electron chi connectivity index (χ2n) is 4.07. The molecule has 0 fully saturated rings. The first-order valence-electron chi connectivity index (χ1n) is 4.57. The predicted octanol–water partition coefficient (Wildman–Crippen LogP) is 2.76. The predicted molar refractivity (Wildman–Crippen MR) is 49.9 cm³/mol. The zero-order valence-electron chi connectivity index (χ0n) is 8.81. The van der Waals surface area contributed by atoms with Gasteiger partial charge >= 0.3 is 5.97 Å². The highest BCUT2D eigenvalue weighted by Crippen LogP contribution is 2.22. The Bertz CT molecular complexity index is 150. The van der Waals surface area contributed by atoms with Gasteiger partial charge in [0.15, 0.2) is 0 Å². The van der Waals surface area contributed by atoms with Gasteiger partial charge in [-0.05, 0) is 26.2 Å². The highest BCUT2D eigenvalue weighted by atomic mass is 16.6. The monoisotopic (exact) mass is 172 g/mol. The van der Waals surface area contributed by atoms with Crippen LogP contribution < -0.4 is 0 Å². The van der Waals surface area contributed by atoms with Crippen LogP contribution in [0.4, 0.5) is 0 Å². The van der Waals surface area contributed by atoms with Crippen LogP contribution in [0.2, 0.25) is 0 Å². The molecule has 0 rings (SSSR count). The Morgan fingerprint density at radius 1 is 1.50 bits per heavy atom. The summed E-state index contributed by atoms with van der Waals surface area (Å²) in [6.07, 6.45) is 2.06. The summed E-state index contributed by atoms with van der Waals surface area (Å²) < 4.78 is 5.17. The van der Waals surface area contributed by atoms with Crippen LogP contribution in [0, 0.1) is 5.92 Å². The molecular weight excluding hydrogens is 152 g/mol. The van der Waals surface area contributed by atoms with E-state index >= 15 is 0 Å². The van der Waals surface area contributed by atoms with Crippen LogP contribution in [0.3, 0.4) is 0 Å². The van der Waals surface area contributed by atoms with E-state index in [1.165, 1.54) is 6.92 Å². The van der Waals surface area contributed by atoms with E-state index in [2.05, 4.69) is 13.8 Å². The fourth-order valence-corrected chi connectivity index (χ4v) is 1.41. The molecule has 1 atom stereocenters. The first kappa shape index (κ1) is 11.5. The van der Waals surface area contributed by atoms with Gasteiger partial charge in [-0.2, -0.15) is 0 Å². The zero-order chi connectivity index (χ0) is 9.78. The van der Waals surface area contributed by atoms with Gasteiger partial charge in [0.1, 0.15) is 5.60 Å². The van der Waals surface area contributed by atoms with Gasteiger partial charge in [-0.25, -0.2) is 0 Å². The third-order valence-electron chi connectivity index (χ3n) is 1.96. The minimum absolute atomic E-state index is 0.191. The Morgan fingerprint density at radius 2 is 2.00 bits per heavy atom. The van der Waals surface area contributed by atoms with E-state index < -0.39 is 0 Å². The highest BCUT2D eigenvalue weighted by Gasteiger charge is 2.23. The molecular formula is C10H20O2. The quantitative estimate of drug-likeness (QED) is 0.609. The van der Waals surface area contributed by atoms with Gasteiger partial charge in [0, 0.05) is 6.92 Å². The normalized spacial score (nSPS) is 14.1. The minimum atomic E-state index is -0.304. The Labute approximate surface area is 75.3 Å². The lowest BCUT2D eigenvalue weighted by atomic mass is 9.93. The van der Waals surface area contributed by atoms with Crippen LogP contribution in [0.5, 0.6) is 0 Å². The molecule has 0 heterocycles. The molecule has 0 saturated heterocycles. The van der Waals surface area contributed by atoms with Crippen molar-refractivity contribution in [2.75, 3.05) is 0 Å². The molecule has 12 heavy (non-hydrogen) atoms. The summed E-state index contributed by atoms with van der Waals surface area (Å²) in [5, 5.41) is 0. The van der Waals surface area contributed by atoms with Crippen LogP contribution in [0.15, 0.2) is 0 Å². The van der Waals surface area contributed by atoms with Crippen LogP contribution in [-0.4, -0.2) is 11.6 Å². The SMILES string of the molecule is CCC(C)CC(C)(C)OC(C)=O. The number of rotatable bonds is 4.